The monoisotopic (exact) mass is 338 g/mol. The summed E-state index contributed by atoms with van der Waals surface area (Å²) in [5.41, 5.74) is 0. The van der Waals surface area contributed by atoms with Gasteiger partial charge in [0, 0.05) is 17.1 Å². The largest absolute Gasteiger partial charge is 0.488 e. The van der Waals surface area contributed by atoms with Crippen molar-refractivity contribution in [3.05, 3.63) is 29.3 Å². The first-order valence-corrected chi connectivity index (χ1v) is 9.04. The highest BCUT2D eigenvalue weighted by Crippen LogP contribution is 2.27. The summed E-state index contributed by atoms with van der Waals surface area (Å²) >= 11 is 6.01. The third-order valence-corrected chi connectivity index (χ3v) is 5.28. The van der Waals surface area contributed by atoms with Gasteiger partial charge in [-0.2, -0.15) is 0 Å². The summed E-state index contributed by atoms with van der Waals surface area (Å²) in [7, 11) is 2.17. The highest BCUT2D eigenvalue weighted by molar-refractivity contribution is 6.30. The number of rotatable bonds is 4. The van der Waals surface area contributed by atoms with Gasteiger partial charge < -0.3 is 20.1 Å². The van der Waals surface area contributed by atoms with Crippen LogP contribution in [0.5, 0.6) is 5.75 Å². The molecule has 3 rings (SSSR count). The Morgan fingerprint density at radius 2 is 2.00 bits per heavy atom. The minimum absolute atomic E-state index is 0.126. The molecule has 1 saturated heterocycles. The van der Waals surface area contributed by atoms with E-state index in [9.17, 15) is 5.11 Å². The molecule has 1 heterocycles. The molecule has 0 spiro atoms. The fourth-order valence-corrected chi connectivity index (χ4v) is 3.82. The van der Waals surface area contributed by atoms with Crippen molar-refractivity contribution >= 4 is 11.6 Å². The summed E-state index contributed by atoms with van der Waals surface area (Å²) in [6, 6.07) is 8.05. The molecule has 0 amide bonds. The number of likely N-dealkylation sites (tertiary alicyclic amines) is 1. The molecule has 1 aliphatic carbocycles. The van der Waals surface area contributed by atoms with Gasteiger partial charge in [-0.25, -0.2) is 0 Å². The molecule has 0 radical (unpaired) electrons. The van der Waals surface area contributed by atoms with Crippen molar-refractivity contribution in [3.63, 3.8) is 0 Å². The summed E-state index contributed by atoms with van der Waals surface area (Å²) in [4.78, 5) is 2.36. The van der Waals surface area contributed by atoms with Gasteiger partial charge in [0.2, 0.25) is 0 Å². The van der Waals surface area contributed by atoms with E-state index in [0.717, 1.165) is 50.9 Å². The van der Waals surface area contributed by atoms with Crippen molar-refractivity contribution < 1.29 is 9.84 Å². The van der Waals surface area contributed by atoms with Gasteiger partial charge in [0.15, 0.2) is 0 Å². The van der Waals surface area contributed by atoms with Crippen LogP contribution in [0.3, 0.4) is 0 Å². The van der Waals surface area contributed by atoms with E-state index in [1.165, 1.54) is 0 Å². The average Bonchev–Trinajstić information content (AvgIpc) is 2.53. The zero-order chi connectivity index (χ0) is 16.2. The minimum Gasteiger partial charge on any atom is -0.488 e. The molecule has 23 heavy (non-hydrogen) atoms. The average molecular weight is 339 g/mol. The quantitative estimate of drug-likeness (QED) is 0.886. The second-order valence-corrected chi connectivity index (χ2v) is 7.32. The van der Waals surface area contributed by atoms with E-state index in [1.807, 2.05) is 24.3 Å². The van der Waals surface area contributed by atoms with Gasteiger partial charge in [-0.15, -0.1) is 0 Å². The summed E-state index contributed by atoms with van der Waals surface area (Å²) in [5.74, 6) is 0.737. The van der Waals surface area contributed by atoms with Crippen LogP contribution < -0.4 is 10.1 Å². The number of benzene rings is 1. The Hall–Kier alpha value is -0.810. The fourth-order valence-electron chi connectivity index (χ4n) is 3.64. The van der Waals surface area contributed by atoms with Gasteiger partial charge in [0.05, 0.1) is 0 Å². The predicted molar refractivity (Wildman–Crippen MR) is 93.2 cm³/mol. The number of hydrogen-bond donors (Lipinski definition) is 2. The SMILES string of the molecule is CN1CCC(N[C@H]2CCC[C@@H](Oc3cccc(Cl)c3)[C@@H]2O)CC1. The molecule has 1 aromatic carbocycles. The van der Waals surface area contributed by atoms with Crippen LogP contribution in [0.15, 0.2) is 24.3 Å². The molecule has 0 unspecified atom stereocenters. The van der Waals surface area contributed by atoms with Crippen molar-refractivity contribution in [1.29, 1.82) is 0 Å². The molecule has 2 aliphatic rings. The lowest BCUT2D eigenvalue weighted by Gasteiger charge is -2.39. The maximum absolute atomic E-state index is 10.7. The maximum Gasteiger partial charge on any atom is 0.126 e. The summed E-state index contributed by atoms with van der Waals surface area (Å²) < 4.78 is 6.00. The lowest BCUT2D eigenvalue weighted by molar-refractivity contribution is -0.0198. The van der Waals surface area contributed by atoms with Crippen LogP contribution in [0.4, 0.5) is 0 Å². The lowest BCUT2D eigenvalue weighted by Crippen LogP contribution is -2.55. The predicted octanol–water partition coefficient (Wildman–Crippen LogP) is 2.68. The van der Waals surface area contributed by atoms with Gasteiger partial charge in [-0.1, -0.05) is 17.7 Å². The Kier molecular flexibility index (Phi) is 5.81. The van der Waals surface area contributed by atoms with Crippen molar-refractivity contribution in [1.82, 2.24) is 10.2 Å². The summed E-state index contributed by atoms with van der Waals surface area (Å²) in [6.07, 6.45) is 4.65. The number of aliphatic hydroxyl groups excluding tert-OH is 1. The van der Waals surface area contributed by atoms with E-state index < -0.39 is 6.10 Å². The molecule has 1 aliphatic heterocycles. The number of hydrogen-bond acceptors (Lipinski definition) is 4. The molecule has 1 saturated carbocycles. The second kappa shape index (κ2) is 7.84. The molecular formula is C18H27ClN2O2. The van der Waals surface area contributed by atoms with E-state index >= 15 is 0 Å². The van der Waals surface area contributed by atoms with E-state index in [1.54, 1.807) is 0 Å². The minimum atomic E-state index is -0.470. The van der Waals surface area contributed by atoms with Crippen molar-refractivity contribution in [2.75, 3.05) is 20.1 Å². The Labute approximate surface area is 143 Å². The summed E-state index contributed by atoms with van der Waals surface area (Å²) in [5, 5.41) is 15.0. The highest BCUT2D eigenvalue weighted by atomic mass is 35.5. The van der Waals surface area contributed by atoms with Gasteiger partial charge in [-0.3, -0.25) is 0 Å². The molecule has 0 aromatic heterocycles. The molecule has 5 heteroatoms. The van der Waals surface area contributed by atoms with Gasteiger partial charge >= 0.3 is 0 Å². The number of halogens is 1. The molecule has 1 aromatic rings. The molecular weight excluding hydrogens is 312 g/mol. The fraction of sp³-hybridized carbons (Fsp3) is 0.667. The first-order valence-electron chi connectivity index (χ1n) is 8.67. The second-order valence-electron chi connectivity index (χ2n) is 6.89. The Balaban J connectivity index is 1.56. The zero-order valence-corrected chi connectivity index (χ0v) is 14.5. The molecule has 2 fully saturated rings. The van der Waals surface area contributed by atoms with Gasteiger partial charge in [0.25, 0.3) is 0 Å². The maximum atomic E-state index is 10.7. The molecule has 4 nitrogen and oxygen atoms in total. The standard InChI is InChI=1S/C18H27ClN2O2/c1-21-10-8-14(9-11-21)20-16-6-3-7-17(18(16)22)23-15-5-2-4-13(19)12-15/h2,4-5,12,14,16-18,20,22H,3,6-11H2,1H3/t16-,17+,18+/m0/s1. The van der Waals surface area contributed by atoms with Crippen molar-refractivity contribution in [2.45, 2.75) is 56.4 Å². The highest BCUT2D eigenvalue weighted by Gasteiger charge is 2.34. The number of nitrogens with one attached hydrogen (secondary N) is 1. The first kappa shape index (κ1) is 17.0. The van der Waals surface area contributed by atoms with Crippen LogP contribution in [0, 0.1) is 0 Å². The normalized spacial score (nSPS) is 30.3. The van der Waals surface area contributed by atoms with Crippen LogP contribution in [-0.2, 0) is 0 Å². The number of piperidine rings is 1. The van der Waals surface area contributed by atoms with Gasteiger partial charge in [0.1, 0.15) is 18.0 Å². The number of aliphatic hydroxyl groups is 1. The van der Waals surface area contributed by atoms with E-state index in [2.05, 4.69) is 17.3 Å². The number of nitrogens with zero attached hydrogens (tertiary/aromatic N) is 1. The molecule has 0 bridgehead atoms. The molecule has 3 atom stereocenters. The van der Waals surface area contributed by atoms with E-state index in [0.29, 0.717) is 11.1 Å². The topological polar surface area (TPSA) is 44.7 Å². The van der Waals surface area contributed by atoms with Crippen LogP contribution in [0.1, 0.15) is 32.1 Å². The molecule has 128 valence electrons. The van der Waals surface area contributed by atoms with Crippen LogP contribution >= 0.6 is 11.6 Å². The van der Waals surface area contributed by atoms with E-state index in [4.69, 9.17) is 16.3 Å². The van der Waals surface area contributed by atoms with Crippen LogP contribution in [-0.4, -0.2) is 54.4 Å². The Morgan fingerprint density at radius 1 is 1.22 bits per heavy atom. The Morgan fingerprint density at radius 3 is 2.74 bits per heavy atom. The van der Waals surface area contributed by atoms with Crippen molar-refractivity contribution in [2.24, 2.45) is 0 Å². The third kappa shape index (κ3) is 4.60. The Bertz CT molecular complexity index is 506. The lowest BCUT2D eigenvalue weighted by atomic mass is 9.88. The van der Waals surface area contributed by atoms with Crippen LogP contribution in [0.25, 0.3) is 0 Å². The summed E-state index contributed by atoms with van der Waals surface area (Å²) in [6.45, 7) is 2.26. The number of ether oxygens (including phenoxy) is 1. The van der Waals surface area contributed by atoms with Crippen molar-refractivity contribution in [3.8, 4) is 5.75 Å². The molecule has 2 N–H and O–H groups in total. The smallest absolute Gasteiger partial charge is 0.126 e. The first-order chi connectivity index (χ1) is 11.1. The zero-order valence-electron chi connectivity index (χ0n) is 13.7. The van der Waals surface area contributed by atoms with E-state index in [-0.39, 0.29) is 12.1 Å². The van der Waals surface area contributed by atoms with Gasteiger partial charge in [-0.05, 0) is 70.4 Å². The van der Waals surface area contributed by atoms with Crippen LogP contribution in [0.2, 0.25) is 5.02 Å². The third-order valence-electron chi connectivity index (χ3n) is 5.05.